The Labute approximate surface area is 137 Å². The number of rotatable bonds is 6. The van der Waals surface area contributed by atoms with Crippen LogP contribution >= 0.6 is 0 Å². The third-order valence-electron chi connectivity index (χ3n) is 3.21. The molecule has 6 nitrogen and oxygen atoms in total. The fourth-order valence-corrected chi connectivity index (χ4v) is 2.10. The van der Waals surface area contributed by atoms with Crippen LogP contribution in [0.1, 0.15) is 6.42 Å². The smallest absolute Gasteiger partial charge is 0.227 e. The van der Waals surface area contributed by atoms with Crippen molar-refractivity contribution in [2.75, 3.05) is 11.9 Å². The van der Waals surface area contributed by atoms with E-state index in [0.29, 0.717) is 11.5 Å². The summed E-state index contributed by atoms with van der Waals surface area (Å²) < 4.78 is 20.3. The van der Waals surface area contributed by atoms with Crippen LogP contribution in [0.3, 0.4) is 0 Å². The number of aromatic nitrogens is 3. The molecule has 1 N–H and O–H groups in total. The highest BCUT2D eigenvalue weighted by Gasteiger charge is 2.10. The number of nitrogens with zero attached hydrogens (tertiary/aromatic N) is 3. The third-order valence-corrected chi connectivity index (χ3v) is 3.21. The maximum Gasteiger partial charge on any atom is 0.227 e. The number of benzene rings is 1. The Bertz CT molecular complexity index is 821. The van der Waals surface area contributed by atoms with Crippen LogP contribution in [0.15, 0.2) is 61.1 Å². The third kappa shape index (κ3) is 3.75. The molecule has 0 unspecified atom stereocenters. The first-order valence-electron chi connectivity index (χ1n) is 7.36. The van der Waals surface area contributed by atoms with Crippen LogP contribution in [-0.4, -0.2) is 27.3 Å². The van der Waals surface area contributed by atoms with E-state index in [0.717, 1.165) is 0 Å². The van der Waals surface area contributed by atoms with Gasteiger partial charge in [-0.1, -0.05) is 12.1 Å². The van der Waals surface area contributed by atoms with Gasteiger partial charge in [-0.2, -0.15) is 5.10 Å². The minimum absolute atomic E-state index is 0.0735. The molecule has 3 rings (SSSR count). The molecule has 0 aliphatic carbocycles. The number of ether oxygens (including phenoxy) is 1. The lowest BCUT2D eigenvalue weighted by atomic mass is 10.3. The molecule has 0 atom stereocenters. The molecular weight excluding hydrogens is 311 g/mol. The van der Waals surface area contributed by atoms with Crippen LogP contribution in [-0.2, 0) is 4.79 Å². The average molecular weight is 326 g/mol. The Morgan fingerprint density at radius 3 is 2.83 bits per heavy atom. The number of hydrogen-bond donors (Lipinski definition) is 1. The number of carbonyl (C=O) groups excluding carboxylic acids is 1. The summed E-state index contributed by atoms with van der Waals surface area (Å²) in [5.74, 6) is -0.0614. The Hall–Kier alpha value is -3.22. The van der Waals surface area contributed by atoms with Crippen molar-refractivity contribution in [2.45, 2.75) is 6.42 Å². The summed E-state index contributed by atoms with van der Waals surface area (Å²) >= 11 is 0. The summed E-state index contributed by atoms with van der Waals surface area (Å²) in [6.45, 7) is 0.0735. The van der Waals surface area contributed by atoms with Crippen LogP contribution in [0.5, 0.6) is 5.75 Å². The van der Waals surface area contributed by atoms with E-state index in [-0.39, 0.29) is 24.7 Å². The molecule has 1 aromatic carbocycles. The van der Waals surface area contributed by atoms with Gasteiger partial charge in [0.2, 0.25) is 5.91 Å². The molecule has 0 radical (unpaired) electrons. The van der Waals surface area contributed by atoms with Crippen molar-refractivity contribution >= 4 is 11.6 Å². The molecule has 122 valence electrons. The lowest BCUT2D eigenvalue weighted by Gasteiger charge is -2.10. The fraction of sp³-hybridized carbons (Fsp3) is 0.118. The van der Waals surface area contributed by atoms with Crippen molar-refractivity contribution in [1.82, 2.24) is 14.8 Å². The molecule has 1 amide bonds. The number of amides is 1. The first-order chi connectivity index (χ1) is 11.7. The molecule has 2 aromatic heterocycles. The molecule has 0 saturated carbocycles. The number of anilines is 1. The summed E-state index contributed by atoms with van der Waals surface area (Å²) in [7, 11) is 0. The zero-order chi connectivity index (χ0) is 16.8. The lowest BCUT2D eigenvalue weighted by Crippen LogP contribution is -2.17. The maximum atomic E-state index is 13.4. The van der Waals surface area contributed by atoms with Crippen LogP contribution in [0, 0.1) is 5.82 Å². The summed E-state index contributed by atoms with van der Waals surface area (Å²) in [4.78, 5) is 16.3. The quantitative estimate of drug-likeness (QED) is 0.756. The minimum atomic E-state index is -0.453. The normalized spacial score (nSPS) is 10.4. The monoisotopic (exact) mass is 326 g/mol. The van der Waals surface area contributed by atoms with Crippen molar-refractivity contribution in [1.29, 1.82) is 0 Å². The van der Waals surface area contributed by atoms with E-state index in [9.17, 15) is 9.18 Å². The largest absolute Gasteiger partial charge is 0.490 e. The van der Waals surface area contributed by atoms with E-state index >= 15 is 0 Å². The summed E-state index contributed by atoms with van der Waals surface area (Å²) in [6.07, 6.45) is 5.07. The Balaban J connectivity index is 1.59. The number of halogens is 1. The minimum Gasteiger partial charge on any atom is -0.490 e. The van der Waals surface area contributed by atoms with Crippen molar-refractivity contribution in [2.24, 2.45) is 0 Å². The molecule has 0 bridgehead atoms. The SMILES string of the molecule is O=C(CCOc1ccccc1F)Nc1cccnc1-n1cccn1. The highest BCUT2D eigenvalue weighted by atomic mass is 19.1. The van der Waals surface area contributed by atoms with Gasteiger partial charge in [-0.3, -0.25) is 4.79 Å². The number of hydrogen-bond acceptors (Lipinski definition) is 4. The van der Waals surface area contributed by atoms with E-state index in [1.807, 2.05) is 0 Å². The van der Waals surface area contributed by atoms with Gasteiger partial charge in [0.05, 0.1) is 18.7 Å². The average Bonchev–Trinajstić information content (AvgIpc) is 3.11. The van der Waals surface area contributed by atoms with E-state index in [1.54, 1.807) is 53.6 Å². The first-order valence-corrected chi connectivity index (χ1v) is 7.36. The van der Waals surface area contributed by atoms with Gasteiger partial charge in [0.25, 0.3) is 0 Å². The van der Waals surface area contributed by atoms with Gasteiger partial charge in [-0.15, -0.1) is 0 Å². The van der Waals surface area contributed by atoms with Crippen LogP contribution < -0.4 is 10.1 Å². The molecule has 24 heavy (non-hydrogen) atoms. The zero-order valence-electron chi connectivity index (χ0n) is 12.7. The fourth-order valence-electron chi connectivity index (χ4n) is 2.10. The van der Waals surface area contributed by atoms with E-state index < -0.39 is 5.82 Å². The molecular formula is C17H15FN4O2. The Morgan fingerprint density at radius 2 is 2.04 bits per heavy atom. The number of carbonyl (C=O) groups is 1. The van der Waals surface area contributed by atoms with Gasteiger partial charge in [0.1, 0.15) is 0 Å². The maximum absolute atomic E-state index is 13.4. The Kier molecular flexibility index (Phi) is 4.81. The Morgan fingerprint density at radius 1 is 1.17 bits per heavy atom. The van der Waals surface area contributed by atoms with E-state index in [2.05, 4.69) is 15.4 Å². The number of nitrogens with one attached hydrogen (secondary N) is 1. The van der Waals surface area contributed by atoms with Crippen molar-refractivity contribution in [3.8, 4) is 11.6 Å². The highest BCUT2D eigenvalue weighted by molar-refractivity contribution is 5.92. The van der Waals surface area contributed by atoms with Gasteiger partial charge in [0, 0.05) is 18.6 Å². The molecule has 0 aliphatic heterocycles. The molecule has 7 heteroatoms. The topological polar surface area (TPSA) is 69.0 Å². The predicted molar refractivity (Wildman–Crippen MR) is 86.5 cm³/mol. The van der Waals surface area contributed by atoms with Crippen LogP contribution in [0.2, 0.25) is 0 Å². The second-order valence-corrected chi connectivity index (χ2v) is 4.90. The summed E-state index contributed by atoms with van der Waals surface area (Å²) in [6, 6.07) is 11.3. The van der Waals surface area contributed by atoms with Crippen LogP contribution in [0.4, 0.5) is 10.1 Å². The van der Waals surface area contributed by atoms with Gasteiger partial charge in [0.15, 0.2) is 17.4 Å². The first kappa shape index (κ1) is 15.7. The predicted octanol–water partition coefficient (Wildman–Crippen LogP) is 2.81. The van der Waals surface area contributed by atoms with E-state index in [1.165, 1.54) is 12.1 Å². The molecule has 0 spiro atoms. The zero-order valence-corrected chi connectivity index (χ0v) is 12.7. The van der Waals surface area contributed by atoms with Gasteiger partial charge in [-0.25, -0.2) is 14.1 Å². The number of pyridine rings is 1. The standard InChI is InChI=1S/C17H15FN4O2/c18-13-5-1-2-7-15(13)24-12-8-16(23)21-14-6-3-9-19-17(14)22-11-4-10-20-22/h1-7,9-11H,8,12H2,(H,21,23). The second-order valence-electron chi connectivity index (χ2n) is 4.90. The molecule has 3 aromatic rings. The second kappa shape index (κ2) is 7.36. The van der Waals surface area contributed by atoms with Gasteiger partial charge >= 0.3 is 0 Å². The lowest BCUT2D eigenvalue weighted by molar-refractivity contribution is -0.116. The molecule has 2 heterocycles. The van der Waals surface area contributed by atoms with Crippen molar-refractivity contribution < 1.29 is 13.9 Å². The van der Waals surface area contributed by atoms with Crippen LogP contribution in [0.25, 0.3) is 5.82 Å². The van der Waals surface area contributed by atoms with Crippen molar-refractivity contribution in [3.63, 3.8) is 0 Å². The van der Waals surface area contributed by atoms with Gasteiger partial charge in [-0.05, 0) is 30.3 Å². The molecule has 0 fully saturated rings. The molecule has 0 saturated heterocycles. The highest BCUT2D eigenvalue weighted by Crippen LogP contribution is 2.17. The summed E-state index contributed by atoms with van der Waals surface area (Å²) in [5, 5.41) is 6.87. The number of para-hydroxylation sites is 1. The molecule has 0 aliphatic rings. The van der Waals surface area contributed by atoms with Gasteiger partial charge < -0.3 is 10.1 Å². The summed E-state index contributed by atoms with van der Waals surface area (Å²) in [5.41, 5.74) is 0.539. The van der Waals surface area contributed by atoms with E-state index in [4.69, 9.17) is 4.74 Å². The van der Waals surface area contributed by atoms with Crippen molar-refractivity contribution in [3.05, 3.63) is 66.9 Å².